The topological polar surface area (TPSA) is 36.7 Å². The SMILES string of the molecule is Cc1ccnc(C(C)C#N)c1. The maximum absolute atomic E-state index is 8.59. The molecule has 0 bridgehead atoms. The summed E-state index contributed by atoms with van der Waals surface area (Å²) in [6.45, 7) is 3.84. The first-order valence-corrected chi connectivity index (χ1v) is 3.56. The number of hydrogen-bond donors (Lipinski definition) is 0. The normalized spacial score (nSPS) is 12.1. The van der Waals surface area contributed by atoms with Crippen LogP contribution in [-0.2, 0) is 0 Å². The quantitative estimate of drug-likeness (QED) is 0.607. The van der Waals surface area contributed by atoms with Gasteiger partial charge in [0, 0.05) is 6.20 Å². The van der Waals surface area contributed by atoms with Crippen molar-refractivity contribution in [2.45, 2.75) is 19.8 Å². The molecule has 11 heavy (non-hydrogen) atoms. The van der Waals surface area contributed by atoms with Gasteiger partial charge >= 0.3 is 0 Å². The first-order chi connectivity index (χ1) is 5.24. The predicted octanol–water partition coefficient (Wildman–Crippen LogP) is 2.02. The first kappa shape index (κ1) is 7.74. The fourth-order valence-corrected chi connectivity index (χ4v) is 0.862. The third-order valence-electron chi connectivity index (χ3n) is 1.57. The van der Waals surface area contributed by atoms with E-state index < -0.39 is 0 Å². The van der Waals surface area contributed by atoms with Crippen LogP contribution in [0, 0.1) is 18.3 Å². The summed E-state index contributed by atoms with van der Waals surface area (Å²) in [5, 5.41) is 8.59. The molecule has 1 aromatic rings. The van der Waals surface area contributed by atoms with Crippen LogP contribution >= 0.6 is 0 Å². The van der Waals surface area contributed by atoms with Crippen LogP contribution < -0.4 is 0 Å². The molecule has 0 N–H and O–H groups in total. The summed E-state index contributed by atoms with van der Waals surface area (Å²) < 4.78 is 0. The number of hydrogen-bond acceptors (Lipinski definition) is 2. The highest BCUT2D eigenvalue weighted by Gasteiger charge is 2.03. The summed E-state index contributed by atoms with van der Waals surface area (Å²) in [6.07, 6.45) is 1.73. The van der Waals surface area contributed by atoms with Gasteiger partial charge in [-0.25, -0.2) is 0 Å². The molecule has 0 aliphatic carbocycles. The summed E-state index contributed by atoms with van der Waals surface area (Å²) in [6, 6.07) is 6.01. The fraction of sp³-hybridized carbons (Fsp3) is 0.333. The van der Waals surface area contributed by atoms with Crippen molar-refractivity contribution in [2.75, 3.05) is 0 Å². The second-order valence-electron chi connectivity index (χ2n) is 2.61. The van der Waals surface area contributed by atoms with Crippen molar-refractivity contribution in [3.05, 3.63) is 29.6 Å². The largest absolute Gasteiger partial charge is 0.260 e. The van der Waals surface area contributed by atoms with Crippen LogP contribution in [0.4, 0.5) is 0 Å². The molecule has 1 aromatic heterocycles. The summed E-state index contributed by atoms with van der Waals surface area (Å²) in [4.78, 5) is 4.09. The number of nitrogens with zero attached hydrogens (tertiary/aromatic N) is 2. The Hall–Kier alpha value is -1.36. The van der Waals surface area contributed by atoms with E-state index in [-0.39, 0.29) is 5.92 Å². The fourth-order valence-electron chi connectivity index (χ4n) is 0.862. The lowest BCUT2D eigenvalue weighted by molar-refractivity contribution is 0.916. The standard InChI is InChI=1S/C9H10N2/c1-7-3-4-11-9(5-7)8(2)6-10/h3-5,8H,1-2H3. The van der Waals surface area contributed by atoms with Gasteiger partial charge in [-0.3, -0.25) is 4.98 Å². The van der Waals surface area contributed by atoms with Gasteiger partial charge in [-0.05, 0) is 31.5 Å². The first-order valence-electron chi connectivity index (χ1n) is 3.56. The molecule has 0 spiro atoms. The van der Waals surface area contributed by atoms with Gasteiger partial charge in [-0.2, -0.15) is 5.26 Å². The molecule has 1 rings (SSSR count). The molecule has 1 atom stereocenters. The molecule has 0 radical (unpaired) electrons. The zero-order chi connectivity index (χ0) is 8.27. The predicted molar refractivity (Wildman–Crippen MR) is 43.0 cm³/mol. The highest BCUT2D eigenvalue weighted by Crippen LogP contribution is 2.11. The number of aromatic nitrogens is 1. The molecule has 0 aromatic carbocycles. The van der Waals surface area contributed by atoms with E-state index in [0.29, 0.717) is 0 Å². The van der Waals surface area contributed by atoms with Crippen molar-refractivity contribution in [2.24, 2.45) is 0 Å². The Morgan fingerprint density at radius 1 is 1.64 bits per heavy atom. The van der Waals surface area contributed by atoms with Gasteiger partial charge in [0.1, 0.15) is 0 Å². The third-order valence-corrected chi connectivity index (χ3v) is 1.57. The van der Waals surface area contributed by atoms with Crippen molar-refractivity contribution in [3.63, 3.8) is 0 Å². The number of nitriles is 1. The highest BCUT2D eigenvalue weighted by molar-refractivity contribution is 5.20. The molecular formula is C9H10N2. The zero-order valence-electron chi connectivity index (χ0n) is 6.70. The summed E-state index contributed by atoms with van der Waals surface area (Å²) in [5.41, 5.74) is 2.00. The van der Waals surface area contributed by atoms with E-state index >= 15 is 0 Å². The number of pyridine rings is 1. The molecule has 0 aliphatic heterocycles. The van der Waals surface area contributed by atoms with Gasteiger partial charge < -0.3 is 0 Å². The Balaban J connectivity index is 2.98. The van der Waals surface area contributed by atoms with Crippen molar-refractivity contribution in [3.8, 4) is 6.07 Å². The van der Waals surface area contributed by atoms with Crippen molar-refractivity contribution in [1.82, 2.24) is 4.98 Å². The van der Waals surface area contributed by atoms with Crippen LogP contribution in [0.2, 0.25) is 0 Å². The lowest BCUT2D eigenvalue weighted by atomic mass is 10.1. The minimum atomic E-state index is -0.102. The van der Waals surface area contributed by atoms with Crippen LogP contribution in [0.25, 0.3) is 0 Å². The summed E-state index contributed by atoms with van der Waals surface area (Å²) in [7, 11) is 0. The van der Waals surface area contributed by atoms with Crippen LogP contribution in [0.3, 0.4) is 0 Å². The van der Waals surface area contributed by atoms with Gasteiger partial charge in [-0.15, -0.1) is 0 Å². The second kappa shape index (κ2) is 3.16. The summed E-state index contributed by atoms with van der Waals surface area (Å²) in [5.74, 6) is -0.102. The van der Waals surface area contributed by atoms with Crippen LogP contribution in [0.5, 0.6) is 0 Å². The van der Waals surface area contributed by atoms with Crippen LogP contribution in [-0.4, -0.2) is 4.98 Å². The minimum absolute atomic E-state index is 0.102. The maximum atomic E-state index is 8.59. The van der Waals surface area contributed by atoms with Crippen molar-refractivity contribution < 1.29 is 0 Å². The number of aryl methyl sites for hydroxylation is 1. The molecule has 2 nitrogen and oxygen atoms in total. The van der Waals surface area contributed by atoms with Crippen molar-refractivity contribution in [1.29, 1.82) is 5.26 Å². The molecule has 2 heteroatoms. The highest BCUT2D eigenvalue weighted by atomic mass is 14.7. The Kier molecular flexibility index (Phi) is 2.22. The van der Waals surface area contributed by atoms with E-state index in [1.807, 2.05) is 26.0 Å². The lowest BCUT2D eigenvalue weighted by Gasteiger charge is -2.00. The van der Waals surface area contributed by atoms with Crippen LogP contribution in [0.1, 0.15) is 24.1 Å². The zero-order valence-corrected chi connectivity index (χ0v) is 6.70. The maximum Gasteiger partial charge on any atom is 0.0856 e. The lowest BCUT2D eigenvalue weighted by Crippen LogP contribution is -1.93. The molecule has 0 saturated heterocycles. The average Bonchev–Trinajstić information content (AvgIpc) is 2.03. The Labute approximate surface area is 66.5 Å². The van der Waals surface area contributed by atoms with Gasteiger partial charge in [0.2, 0.25) is 0 Å². The molecule has 1 unspecified atom stereocenters. The van der Waals surface area contributed by atoms with Gasteiger partial charge in [0.15, 0.2) is 0 Å². The minimum Gasteiger partial charge on any atom is -0.260 e. The van der Waals surface area contributed by atoms with E-state index in [0.717, 1.165) is 11.3 Å². The molecular weight excluding hydrogens is 136 g/mol. The molecule has 0 amide bonds. The van der Waals surface area contributed by atoms with Gasteiger partial charge in [0.25, 0.3) is 0 Å². The Bertz CT molecular complexity index is 286. The molecule has 0 saturated carbocycles. The molecule has 56 valence electrons. The second-order valence-corrected chi connectivity index (χ2v) is 2.61. The van der Waals surface area contributed by atoms with E-state index in [2.05, 4.69) is 11.1 Å². The van der Waals surface area contributed by atoms with E-state index in [1.54, 1.807) is 6.20 Å². The van der Waals surface area contributed by atoms with E-state index in [9.17, 15) is 0 Å². The summed E-state index contributed by atoms with van der Waals surface area (Å²) >= 11 is 0. The smallest absolute Gasteiger partial charge is 0.0856 e. The van der Waals surface area contributed by atoms with Gasteiger partial charge in [0.05, 0.1) is 17.7 Å². The number of rotatable bonds is 1. The van der Waals surface area contributed by atoms with Crippen LogP contribution in [0.15, 0.2) is 18.3 Å². The van der Waals surface area contributed by atoms with Gasteiger partial charge in [-0.1, -0.05) is 0 Å². The average molecular weight is 146 g/mol. The Morgan fingerprint density at radius 3 is 2.91 bits per heavy atom. The molecule has 0 fully saturated rings. The Morgan fingerprint density at radius 2 is 2.36 bits per heavy atom. The molecule has 0 aliphatic rings. The molecule has 1 heterocycles. The monoisotopic (exact) mass is 146 g/mol. The third kappa shape index (κ3) is 1.78. The van der Waals surface area contributed by atoms with E-state index in [4.69, 9.17) is 5.26 Å². The van der Waals surface area contributed by atoms with Crippen molar-refractivity contribution >= 4 is 0 Å². The van der Waals surface area contributed by atoms with E-state index in [1.165, 1.54) is 0 Å².